The SMILES string of the molecule is Oc1cccc(F)c1-c1nc2cc(F)ccc2s1. The highest BCUT2D eigenvalue weighted by atomic mass is 32.1. The number of aromatic nitrogens is 1. The van der Waals surface area contributed by atoms with E-state index in [1.54, 1.807) is 6.07 Å². The molecule has 1 heterocycles. The molecular formula is C13H7F2NOS. The smallest absolute Gasteiger partial charge is 0.137 e. The molecule has 0 spiro atoms. The first-order chi connectivity index (χ1) is 8.65. The van der Waals surface area contributed by atoms with Gasteiger partial charge in [-0.05, 0) is 24.3 Å². The number of nitrogens with zero attached hydrogens (tertiary/aromatic N) is 1. The van der Waals surface area contributed by atoms with Gasteiger partial charge in [0, 0.05) is 6.07 Å². The summed E-state index contributed by atoms with van der Waals surface area (Å²) < 4.78 is 27.5. The molecule has 0 saturated heterocycles. The summed E-state index contributed by atoms with van der Waals surface area (Å²) in [6.45, 7) is 0. The lowest BCUT2D eigenvalue weighted by molar-refractivity contribution is 0.472. The van der Waals surface area contributed by atoms with Crippen molar-refractivity contribution in [2.24, 2.45) is 0 Å². The minimum atomic E-state index is -0.547. The van der Waals surface area contributed by atoms with E-state index in [0.29, 0.717) is 10.5 Å². The monoisotopic (exact) mass is 263 g/mol. The standard InChI is InChI=1S/C13H7F2NOS/c14-7-4-5-11-9(6-7)16-13(18-11)12-8(15)2-1-3-10(12)17/h1-6,17H. The molecule has 0 bridgehead atoms. The average Bonchev–Trinajstić information content (AvgIpc) is 2.71. The summed E-state index contributed by atoms with van der Waals surface area (Å²) in [6.07, 6.45) is 0. The molecule has 90 valence electrons. The maximum atomic E-state index is 13.7. The number of phenols is 1. The zero-order valence-corrected chi connectivity index (χ0v) is 9.84. The first-order valence-electron chi connectivity index (χ1n) is 5.19. The Hall–Kier alpha value is -2.01. The van der Waals surface area contributed by atoms with Crippen molar-refractivity contribution in [2.75, 3.05) is 0 Å². The molecule has 0 aliphatic rings. The van der Waals surface area contributed by atoms with E-state index in [1.165, 1.54) is 41.7 Å². The maximum absolute atomic E-state index is 13.7. The molecule has 18 heavy (non-hydrogen) atoms. The topological polar surface area (TPSA) is 33.1 Å². The van der Waals surface area contributed by atoms with Crippen molar-refractivity contribution in [1.82, 2.24) is 4.98 Å². The van der Waals surface area contributed by atoms with Crippen molar-refractivity contribution in [3.8, 4) is 16.3 Å². The third-order valence-corrected chi connectivity index (χ3v) is 3.61. The second-order valence-corrected chi connectivity index (χ2v) is 4.80. The number of fused-ring (bicyclic) bond motifs is 1. The largest absolute Gasteiger partial charge is 0.507 e. The number of phenolic OH excluding ortho intramolecular Hbond substituents is 1. The van der Waals surface area contributed by atoms with Gasteiger partial charge in [0.25, 0.3) is 0 Å². The molecule has 0 aliphatic heterocycles. The maximum Gasteiger partial charge on any atom is 0.137 e. The molecule has 0 unspecified atom stereocenters. The molecule has 0 atom stereocenters. The van der Waals surface area contributed by atoms with Gasteiger partial charge < -0.3 is 5.11 Å². The fourth-order valence-corrected chi connectivity index (χ4v) is 2.73. The van der Waals surface area contributed by atoms with Gasteiger partial charge in [-0.25, -0.2) is 13.8 Å². The molecule has 2 nitrogen and oxygen atoms in total. The molecule has 3 aromatic rings. The minimum absolute atomic E-state index is 0.0547. The first-order valence-corrected chi connectivity index (χ1v) is 6.01. The second-order valence-electron chi connectivity index (χ2n) is 3.77. The summed E-state index contributed by atoms with van der Waals surface area (Å²) in [7, 11) is 0. The molecule has 0 amide bonds. The van der Waals surface area contributed by atoms with Gasteiger partial charge in [-0.1, -0.05) is 6.07 Å². The highest BCUT2D eigenvalue weighted by Gasteiger charge is 2.15. The number of benzene rings is 2. The summed E-state index contributed by atoms with van der Waals surface area (Å²) in [5, 5.41) is 10.0. The summed E-state index contributed by atoms with van der Waals surface area (Å²) in [4.78, 5) is 4.14. The van der Waals surface area contributed by atoms with Crippen LogP contribution in [-0.4, -0.2) is 10.1 Å². The van der Waals surface area contributed by atoms with Crippen LogP contribution in [0.1, 0.15) is 0 Å². The third kappa shape index (κ3) is 1.73. The molecule has 0 radical (unpaired) electrons. The normalized spacial score (nSPS) is 11.0. The van der Waals surface area contributed by atoms with Gasteiger partial charge in [0.05, 0.1) is 15.8 Å². The Balaban J connectivity index is 2.26. The Bertz CT molecular complexity index is 719. The van der Waals surface area contributed by atoms with Crippen LogP contribution in [0.2, 0.25) is 0 Å². The zero-order chi connectivity index (χ0) is 12.7. The number of rotatable bonds is 1. The highest BCUT2D eigenvalue weighted by Crippen LogP contribution is 2.36. The van der Waals surface area contributed by atoms with Crippen LogP contribution in [0.5, 0.6) is 5.75 Å². The van der Waals surface area contributed by atoms with Crippen molar-refractivity contribution < 1.29 is 13.9 Å². The lowest BCUT2D eigenvalue weighted by atomic mass is 10.2. The Kier molecular flexibility index (Phi) is 2.48. The van der Waals surface area contributed by atoms with Crippen LogP contribution in [0.3, 0.4) is 0 Å². The predicted octanol–water partition coefficient (Wildman–Crippen LogP) is 3.95. The third-order valence-electron chi connectivity index (χ3n) is 2.56. The van der Waals surface area contributed by atoms with Crippen LogP contribution in [0.25, 0.3) is 20.8 Å². The number of hydrogen-bond donors (Lipinski definition) is 1. The lowest BCUT2D eigenvalue weighted by Crippen LogP contribution is -1.83. The van der Waals surface area contributed by atoms with Gasteiger partial charge in [0.15, 0.2) is 0 Å². The van der Waals surface area contributed by atoms with Crippen molar-refractivity contribution in [1.29, 1.82) is 0 Å². The quantitative estimate of drug-likeness (QED) is 0.721. The lowest BCUT2D eigenvalue weighted by Gasteiger charge is -2.01. The van der Waals surface area contributed by atoms with E-state index in [2.05, 4.69) is 4.98 Å². The summed E-state index contributed by atoms with van der Waals surface area (Å²) >= 11 is 1.21. The van der Waals surface area contributed by atoms with Crippen molar-refractivity contribution in [3.63, 3.8) is 0 Å². The second kappa shape index (κ2) is 4.03. The van der Waals surface area contributed by atoms with Gasteiger partial charge in [0.2, 0.25) is 0 Å². The molecule has 5 heteroatoms. The fourth-order valence-electron chi connectivity index (χ4n) is 1.73. The predicted molar refractivity (Wildman–Crippen MR) is 66.6 cm³/mol. The minimum Gasteiger partial charge on any atom is -0.507 e. The van der Waals surface area contributed by atoms with Gasteiger partial charge in [0.1, 0.15) is 22.4 Å². The summed E-state index contributed by atoms with van der Waals surface area (Å²) in [5.74, 6) is -1.11. The van der Waals surface area contributed by atoms with E-state index >= 15 is 0 Å². The molecular weight excluding hydrogens is 256 g/mol. The van der Waals surface area contributed by atoms with E-state index < -0.39 is 11.6 Å². The van der Waals surface area contributed by atoms with Gasteiger partial charge in [-0.15, -0.1) is 11.3 Å². The Morgan fingerprint density at radius 1 is 1.11 bits per heavy atom. The molecule has 0 fully saturated rings. The Morgan fingerprint density at radius 2 is 1.94 bits per heavy atom. The average molecular weight is 263 g/mol. The van der Waals surface area contributed by atoms with Gasteiger partial charge in [-0.3, -0.25) is 0 Å². The summed E-state index contributed by atoms with van der Waals surface area (Å²) in [6, 6.07) is 8.26. The van der Waals surface area contributed by atoms with Crippen molar-refractivity contribution in [3.05, 3.63) is 48.0 Å². The van der Waals surface area contributed by atoms with Crippen LogP contribution in [-0.2, 0) is 0 Å². The van der Waals surface area contributed by atoms with Crippen LogP contribution in [0.15, 0.2) is 36.4 Å². The van der Waals surface area contributed by atoms with E-state index in [4.69, 9.17) is 0 Å². The molecule has 1 N–H and O–H groups in total. The van der Waals surface area contributed by atoms with E-state index in [-0.39, 0.29) is 11.3 Å². The van der Waals surface area contributed by atoms with Crippen LogP contribution in [0.4, 0.5) is 8.78 Å². The van der Waals surface area contributed by atoms with E-state index in [9.17, 15) is 13.9 Å². The molecule has 0 saturated carbocycles. The van der Waals surface area contributed by atoms with Gasteiger partial charge in [-0.2, -0.15) is 0 Å². The number of aromatic hydroxyl groups is 1. The Labute approximate surface area is 105 Å². The molecule has 1 aromatic heterocycles. The first kappa shape index (κ1) is 11.1. The van der Waals surface area contributed by atoms with Crippen LogP contribution in [0, 0.1) is 11.6 Å². The highest BCUT2D eigenvalue weighted by molar-refractivity contribution is 7.21. The fraction of sp³-hybridized carbons (Fsp3) is 0. The number of halogens is 2. The van der Waals surface area contributed by atoms with Gasteiger partial charge >= 0.3 is 0 Å². The van der Waals surface area contributed by atoms with E-state index in [0.717, 1.165) is 4.70 Å². The molecule has 0 aliphatic carbocycles. The zero-order valence-electron chi connectivity index (χ0n) is 9.02. The van der Waals surface area contributed by atoms with Crippen LogP contribution >= 0.6 is 11.3 Å². The molecule has 2 aromatic carbocycles. The Morgan fingerprint density at radius 3 is 2.72 bits per heavy atom. The van der Waals surface area contributed by atoms with E-state index in [1.807, 2.05) is 0 Å². The van der Waals surface area contributed by atoms with Crippen molar-refractivity contribution >= 4 is 21.6 Å². The van der Waals surface area contributed by atoms with Crippen LogP contribution < -0.4 is 0 Å². The molecule has 3 rings (SSSR count). The van der Waals surface area contributed by atoms with Crippen molar-refractivity contribution in [2.45, 2.75) is 0 Å². The number of thiazole rings is 1. The number of hydrogen-bond acceptors (Lipinski definition) is 3. The summed E-state index contributed by atoms with van der Waals surface area (Å²) in [5.41, 5.74) is 0.511.